The standard InChI is InChI=1S/C14H13N5O8S3/c15-2-1-7(20)16-9-11(21)19-10(13(22)23)6(3-28-12(9)19)4-29-14-18-17-8(27-14)5-30(24,25)26/h9,12H,1,3-5H2,(H,16,20)(H,22,23)(H,24,25,26)/t9?,12-/m1/s1. The Morgan fingerprint density at radius 2 is 2.17 bits per heavy atom. The van der Waals surface area contributed by atoms with E-state index in [0.717, 1.165) is 16.7 Å². The maximum atomic E-state index is 12.4. The van der Waals surface area contributed by atoms with Gasteiger partial charge in [-0.25, -0.2) is 4.79 Å². The summed E-state index contributed by atoms with van der Waals surface area (Å²) in [6.45, 7) is 0. The lowest BCUT2D eigenvalue weighted by atomic mass is 10.0. The topological polar surface area (TPSA) is 204 Å². The molecule has 3 N–H and O–H groups in total. The van der Waals surface area contributed by atoms with Crippen molar-refractivity contribution in [2.75, 3.05) is 11.5 Å². The molecule has 2 aliphatic rings. The van der Waals surface area contributed by atoms with E-state index in [0.29, 0.717) is 5.57 Å². The number of hydrogen-bond donors (Lipinski definition) is 3. The maximum Gasteiger partial charge on any atom is 0.352 e. The summed E-state index contributed by atoms with van der Waals surface area (Å²) in [5, 5.41) is 27.0. The van der Waals surface area contributed by atoms with Gasteiger partial charge in [0.2, 0.25) is 11.8 Å². The molecule has 16 heteroatoms. The molecule has 0 spiro atoms. The second-order valence-corrected chi connectivity index (χ2v) is 9.51. The molecular formula is C14H13N5O8S3. The summed E-state index contributed by atoms with van der Waals surface area (Å²) in [4.78, 5) is 36.8. The van der Waals surface area contributed by atoms with Gasteiger partial charge >= 0.3 is 5.97 Å². The van der Waals surface area contributed by atoms with Crippen LogP contribution in [0.3, 0.4) is 0 Å². The van der Waals surface area contributed by atoms with Crippen molar-refractivity contribution in [2.24, 2.45) is 0 Å². The van der Waals surface area contributed by atoms with E-state index in [2.05, 4.69) is 15.5 Å². The third-order valence-corrected chi connectivity index (χ3v) is 6.79. The maximum absolute atomic E-state index is 12.4. The average molecular weight is 475 g/mol. The number of nitriles is 1. The molecule has 3 heterocycles. The van der Waals surface area contributed by atoms with Crippen molar-refractivity contribution in [2.45, 2.75) is 28.8 Å². The molecule has 2 amide bonds. The van der Waals surface area contributed by atoms with Gasteiger partial charge in [-0.15, -0.1) is 22.0 Å². The summed E-state index contributed by atoms with van der Waals surface area (Å²) >= 11 is 2.20. The number of amides is 2. The van der Waals surface area contributed by atoms with Crippen LogP contribution in [0.2, 0.25) is 0 Å². The minimum Gasteiger partial charge on any atom is -0.477 e. The Morgan fingerprint density at radius 1 is 1.43 bits per heavy atom. The third kappa shape index (κ3) is 4.75. The summed E-state index contributed by atoms with van der Waals surface area (Å²) in [5.41, 5.74) is 0.193. The smallest absolute Gasteiger partial charge is 0.352 e. The van der Waals surface area contributed by atoms with Crippen molar-refractivity contribution < 1.29 is 36.9 Å². The monoisotopic (exact) mass is 475 g/mol. The summed E-state index contributed by atoms with van der Waals surface area (Å²) in [6.07, 6.45) is -0.408. The largest absolute Gasteiger partial charge is 0.477 e. The fourth-order valence-electron chi connectivity index (χ4n) is 2.75. The quantitative estimate of drug-likeness (QED) is 0.240. The number of carboxylic acids is 1. The number of carboxylic acid groups (broad SMARTS) is 1. The molecule has 2 aliphatic heterocycles. The van der Waals surface area contributed by atoms with E-state index in [1.165, 1.54) is 11.8 Å². The predicted octanol–water partition coefficient (Wildman–Crippen LogP) is -0.798. The van der Waals surface area contributed by atoms with E-state index >= 15 is 0 Å². The van der Waals surface area contributed by atoms with Crippen molar-refractivity contribution in [3.8, 4) is 6.07 Å². The van der Waals surface area contributed by atoms with Crippen LogP contribution in [0.15, 0.2) is 20.9 Å². The van der Waals surface area contributed by atoms with Gasteiger partial charge in [0.05, 0.1) is 6.07 Å². The van der Waals surface area contributed by atoms with E-state index in [1.54, 1.807) is 6.07 Å². The first-order chi connectivity index (χ1) is 14.1. The Hall–Kier alpha value is -2.61. The molecule has 1 fully saturated rings. The van der Waals surface area contributed by atoms with E-state index in [1.807, 2.05) is 0 Å². The van der Waals surface area contributed by atoms with Crippen molar-refractivity contribution in [1.82, 2.24) is 20.4 Å². The molecule has 0 radical (unpaired) electrons. The highest BCUT2D eigenvalue weighted by Gasteiger charge is 2.54. The molecule has 1 aromatic rings. The molecule has 0 bridgehead atoms. The minimum atomic E-state index is -4.34. The predicted molar refractivity (Wildman–Crippen MR) is 100 cm³/mol. The van der Waals surface area contributed by atoms with Crippen molar-refractivity contribution in [3.63, 3.8) is 0 Å². The van der Waals surface area contributed by atoms with Crippen molar-refractivity contribution >= 4 is 51.4 Å². The lowest BCUT2D eigenvalue weighted by Crippen LogP contribution is -2.70. The van der Waals surface area contributed by atoms with Crippen molar-refractivity contribution in [3.05, 3.63) is 17.2 Å². The van der Waals surface area contributed by atoms with E-state index in [9.17, 15) is 27.9 Å². The van der Waals surface area contributed by atoms with E-state index in [-0.39, 0.29) is 28.3 Å². The number of fused-ring (bicyclic) bond motifs is 1. The fraction of sp³-hybridized carbons (Fsp3) is 0.429. The lowest BCUT2D eigenvalue weighted by molar-refractivity contribution is -0.150. The van der Waals surface area contributed by atoms with Crippen LogP contribution in [0.25, 0.3) is 0 Å². The second kappa shape index (κ2) is 8.63. The molecule has 1 aromatic heterocycles. The lowest BCUT2D eigenvalue weighted by Gasteiger charge is -2.49. The summed E-state index contributed by atoms with van der Waals surface area (Å²) in [6, 6.07) is 0.767. The normalized spacial score (nSPS) is 20.9. The fourth-order valence-corrected chi connectivity index (χ4v) is 5.44. The van der Waals surface area contributed by atoms with Gasteiger partial charge in [-0.05, 0) is 5.57 Å². The molecule has 2 atom stereocenters. The van der Waals surface area contributed by atoms with Gasteiger partial charge in [-0.3, -0.25) is 19.0 Å². The van der Waals surface area contributed by atoms with Gasteiger partial charge in [0, 0.05) is 11.5 Å². The number of hydrogen-bond acceptors (Lipinski definition) is 11. The SMILES string of the molecule is N#CCC(=O)NC1C(=O)N2C(C(=O)O)=C(CSc3nnc(CS(=O)(=O)O)o3)CS[C@H]12. The Morgan fingerprint density at radius 3 is 2.80 bits per heavy atom. The molecule has 3 rings (SSSR count). The van der Waals surface area contributed by atoms with Crippen LogP contribution in [0.4, 0.5) is 0 Å². The second-order valence-electron chi connectivity index (χ2n) is 6.02. The first kappa shape index (κ1) is 22.1. The van der Waals surface area contributed by atoms with Crippen LogP contribution in [0.1, 0.15) is 12.3 Å². The van der Waals surface area contributed by atoms with Crippen LogP contribution in [-0.4, -0.2) is 73.9 Å². The van der Waals surface area contributed by atoms with Gasteiger partial charge in [0.15, 0.2) is 5.75 Å². The Bertz CT molecular complexity index is 1080. The molecule has 1 saturated heterocycles. The molecule has 13 nitrogen and oxygen atoms in total. The number of rotatable bonds is 8. The summed E-state index contributed by atoms with van der Waals surface area (Å²) in [7, 11) is -4.34. The van der Waals surface area contributed by atoms with Crippen molar-refractivity contribution in [1.29, 1.82) is 5.26 Å². The molecule has 0 aromatic carbocycles. The highest BCUT2D eigenvalue weighted by Crippen LogP contribution is 2.41. The Kier molecular flexibility index (Phi) is 6.36. The van der Waals surface area contributed by atoms with Crippen LogP contribution in [0.5, 0.6) is 0 Å². The molecule has 30 heavy (non-hydrogen) atoms. The van der Waals surface area contributed by atoms with Crippen LogP contribution >= 0.6 is 23.5 Å². The van der Waals surface area contributed by atoms with Crippen LogP contribution in [-0.2, 0) is 30.3 Å². The molecule has 0 saturated carbocycles. The molecule has 1 unspecified atom stereocenters. The van der Waals surface area contributed by atoms with E-state index < -0.39 is 51.5 Å². The number of aromatic nitrogens is 2. The van der Waals surface area contributed by atoms with Gasteiger partial charge in [-0.1, -0.05) is 11.8 Å². The number of thioether (sulfide) groups is 2. The zero-order valence-corrected chi connectivity index (χ0v) is 17.3. The number of nitrogens with one attached hydrogen (secondary N) is 1. The number of aliphatic carboxylic acids is 1. The number of β-lactam (4-membered cyclic amide) rings is 1. The number of nitrogens with zero attached hydrogens (tertiary/aromatic N) is 4. The molecular weight excluding hydrogens is 462 g/mol. The zero-order valence-electron chi connectivity index (χ0n) is 14.8. The summed E-state index contributed by atoms with van der Waals surface area (Å²) < 4.78 is 35.5. The number of carbonyl (C=O) groups excluding carboxylic acids is 2. The number of carbonyl (C=O) groups is 3. The average Bonchev–Trinajstić information content (AvgIpc) is 3.09. The zero-order chi connectivity index (χ0) is 22.1. The minimum absolute atomic E-state index is 0.0328. The van der Waals surface area contributed by atoms with Gasteiger partial charge in [0.1, 0.15) is 23.5 Å². The van der Waals surface area contributed by atoms with Gasteiger partial charge < -0.3 is 14.8 Å². The van der Waals surface area contributed by atoms with Gasteiger partial charge in [-0.2, -0.15) is 13.7 Å². The first-order valence-electron chi connectivity index (χ1n) is 8.07. The third-order valence-electron chi connectivity index (χ3n) is 3.93. The van der Waals surface area contributed by atoms with Gasteiger partial charge in [0.25, 0.3) is 21.2 Å². The molecule has 160 valence electrons. The van der Waals surface area contributed by atoms with E-state index in [4.69, 9.17) is 14.2 Å². The highest BCUT2D eigenvalue weighted by atomic mass is 32.2. The molecule has 0 aliphatic carbocycles. The summed E-state index contributed by atoms with van der Waals surface area (Å²) in [5.74, 6) is -3.36. The highest BCUT2D eigenvalue weighted by molar-refractivity contribution is 8.01. The Balaban J connectivity index is 1.70. The first-order valence-corrected chi connectivity index (χ1v) is 11.7. The Labute approximate surface area is 177 Å². The van der Waals surface area contributed by atoms with Crippen LogP contribution in [0, 0.1) is 11.3 Å². The van der Waals surface area contributed by atoms with Crippen LogP contribution < -0.4 is 5.32 Å².